The molecule has 29 heavy (non-hydrogen) atoms. The number of piperidine rings is 1. The average molecular weight is 402 g/mol. The summed E-state index contributed by atoms with van der Waals surface area (Å²) in [7, 11) is 0. The van der Waals surface area contributed by atoms with Crippen LogP contribution in [-0.4, -0.2) is 39.9 Å². The molecule has 2 aromatic rings. The number of benzene rings is 1. The van der Waals surface area contributed by atoms with Crippen LogP contribution in [0.25, 0.3) is 10.9 Å². The Hall–Kier alpha value is -2.41. The molecule has 7 heteroatoms. The predicted molar refractivity (Wildman–Crippen MR) is 109 cm³/mol. The van der Waals surface area contributed by atoms with Gasteiger partial charge >= 0.3 is 5.97 Å². The first-order chi connectivity index (χ1) is 13.9. The van der Waals surface area contributed by atoms with Crippen molar-refractivity contribution in [2.24, 2.45) is 5.92 Å². The molecule has 0 radical (unpaired) electrons. The number of anilines is 1. The largest absolute Gasteiger partial charge is 0.477 e. The molecule has 1 saturated heterocycles. The third-order valence-electron chi connectivity index (χ3n) is 6.40. The van der Waals surface area contributed by atoms with Crippen LogP contribution in [0.2, 0.25) is 0 Å². The summed E-state index contributed by atoms with van der Waals surface area (Å²) in [6.45, 7) is 5.07. The fourth-order valence-corrected chi connectivity index (χ4v) is 4.65. The fraction of sp³-hybridized carbons (Fsp3) is 0.545. The molecule has 2 N–H and O–H groups in total. The zero-order valence-corrected chi connectivity index (χ0v) is 16.8. The van der Waals surface area contributed by atoms with Crippen molar-refractivity contribution >= 4 is 22.6 Å². The van der Waals surface area contributed by atoms with Crippen LogP contribution in [0.15, 0.2) is 17.1 Å². The third-order valence-corrected chi connectivity index (χ3v) is 6.40. The maximum Gasteiger partial charge on any atom is 0.341 e. The molecular weight excluding hydrogens is 375 g/mol. The van der Waals surface area contributed by atoms with Gasteiger partial charge in [-0.3, -0.25) is 4.79 Å². The summed E-state index contributed by atoms with van der Waals surface area (Å²) in [4.78, 5) is 26.4. The molecule has 156 valence electrons. The summed E-state index contributed by atoms with van der Waals surface area (Å²) >= 11 is 0. The monoisotopic (exact) mass is 402 g/mol. The molecule has 0 spiro atoms. The standard InChI is InChI=1S/C22H27FN2O4/c1-3-12-10-24(8-7-18(12)26)20-14(4-2)19-15(9-17(20)23)21(27)16(22(28)29)11-25(19)13-5-6-13/h9,11-13,18,26H,3-8,10H2,1-2H3,(H,28,29). The van der Waals surface area contributed by atoms with Crippen molar-refractivity contribution in [1.82, 2.24) is 4.57 Å². The van der Waals surface area contributed by atoms with Gasteiger partial charge in [0.1, 0.15) is 11.4 Å². The predicted octanol–water partition coefficient (Wildman–Crippen LogP) is 3.33. The first kappa shape index (κ1) is 19.9. The van der Waals surface area contributed by atoms with E-state index in [1.807, 2.05) is 23.3 Å². The van der Waals surface area contributed by atoms with Gasteiger partial charge in [-0.05, 0) is 38.2 Å². The molecule has 0 amide bonds. The van der Waals surface area contributed by atoms with Crippen LogP contribution < -0.4 is 10.3 Å². The van der Waals surface area contributed by atoms with E-state index < -0.39 is 17.2 Å². The zero-order chi connectivity index (χ0) is 20.9. The van der Waals surface area contributed by atoms with Gasteiger partial charge in [0.05, 0.1) is 17.3 Å². The van der Waals surface area contributed by atoms with Crippen molar-refractivity contribution in [3.63, 3.8) is 0 Å². The minimum atomic E-state index is -1.29. The normalized spacial score (nSPS) is 22.3. The highest BCUT2D eigenvalue weighted by Gasteiger charge is 2.32. The van der Waals surface area contributed by atoms with Gasteiger partial charge < -0.3 is 19.7 Å². The number of nitrogens with zero attached hydrogens (tertiary/aromatic N) is 2. The minimum absolute atomic E-state index is 0.0727. The number of pyridine rings is 1. The van der Waals surface area contributed by atoms with Crippen LogP contribution in [0.1, 0.15) is 61.5 Å². The number of aromatic nitrogens is 1. The molecule has 1 aliphatic carbocycles. The van der Waals surface area contributed by atoms with Gasteiger partial charge in [0.2, 0.25) is 5.43 Å². The van der Waals surface area contributed by atoms with Gasteiger partial charge in [-0.25, -0.2) is 9.18 Å². The summed E-state index contributed by atoms with van der Waals surface area (Å²) in [5.74, 6) is -1.71. The second-order valence-electron chi connectivity index (χ2n) is 8.22. The van der Waals surface area contributed by atoms with Crippen molar-refractivity contribution in [3.8, 4) is 0 Å². The number of aryl methyl sites for hydroxylation is 1. The number of aliphatic hydroxyl groups is 1. The van der Waals surface area contributed by atoms with E-state index >= 15 is 4.39 Å². The number of carboxylic acids is 1. The van der Waals surface area contributed by atoms with E-state index in [4.69, 9.17) is 0 Å². The molecule has 1 saturated carbocycles. The molecule has 2 atom stereocenters. The van der Waals surface area contributed by atoms with Crippen molar-refractivity contribution < 1.29 is 19.4 Å². The molecule has 2 unspecified atom stereocenters. The Balaban J connectivity index is 1.97. The van der Waals surface area contributed by atoms with Crippen LogP contribution in [0, 0.1) is 11.7 Å². The lowest BCUT2D eigenvalue weighted by molar-refractivity contribution is 0.0694. The van der Waals surface area contributed by atoms with E-state index in [0.29, 0.717) is 37.1 Å². The van der Waals surface area contributed by atoms with Crippen LogP contribution in [0.3, 0.4) is 0 Å². The van der Waals surface area contributed by atoms with E-state index in [9.17, 15) is 19.8 Å². The summed E-state index contributed by atoms with van der Waals surface area (Å²) in [6.07, 6.45) is 4.79. The number of hydrogen-bond donors (Lipinski definition) is 2. The van der Waals surface area contributed by atoms with Crippen LogP contribution in [0.5, 0.6) is 0 Å². The molecule has 1 aromatic carbocycles. The van der Waals surface area contributed by atoms with Gasteiger partial charge in [-0.2, -0.15) is 0 Å². The third kappa shape index (κ3) is 3.31. The Kier molecular flexibility index (Phi) is 5.11. The van der Waals surface area contributed by atoms with Crippen LogP contribution in [0.4, 0.5) is 10.1 Å². The molecule has 1 aliphatic heterocycles. The molecule has 6 nitrogen and oxygen atoms in total. The quantitative estimate of drug-likeness (QED) is 0.802. The van der Waals surface area contributed by atoms with Crippen LogP contribution in [-0.2, 0) is 6.42 Å². The smallest absolute Gasteiger partial charge is 0.341 e. The second-order valence-corrected chi connectivity index (χ2v) is 8.22. The van der Waals surface area contributed by atoms with Gasteiger partial charge in [0.25, 0.3) is 0 Å². The maximum atomic E-state index is 15.3. The second kappa shape index (κ2) is 7.44. The van der Waals surface area contributed by atoms with E-state index in [-0.39, 0.29) is 29.0 Å². The molecule has 2 aliphatic rings. The maximum absolute atomic E-state index is 15.3. The number of aromatic carboxylic acids is 1. The Labute approximate surface area is 168 Å². The van der Waals surface area contributed by atoms with Gasteiger partial charge in [0, 0.05) is 42.2 Å². The summed E-state index contributed by atoms with van der Waals surface area (Å²) < 4.78 is 17.2. The van der Waals surface area contributed by atoms with Crippen LogP contribution >= 0.6 is 0 Å². The van der Waals surface area contributed by atoms with E-state index in [0.717, 1.165) is 24.8 Å². The molecule has 1 aromatic heterocycles. The van der Waals surface area contributed by atoms with Crippen molar-refractivity contribution in [2.75, 3.05) is 18.0 Å². The highest BCUT2D eigenvalue weighted by Crippen LogP contribution is 2.41. The number of halogens is 1. The molecule has 2 heterocycles. The number of rotatable bonds is 5. The zero-order valence-electron chi connectivity index (χ0n) is 16.8. The van der Waals surface area contributed by atoms with Gasteiger partial charge in [-0.1, -0.05) is 13.8 Å². The molecular formula is C22H27FN2O4. The lowest BCUT2D eigenvalue weighted by Crippen LogP contribution is -2.43. The SMILES string of the molecule is CCc1c(N2CCC(O)C(CC)C2)c(F)cc2c(=O)c(C(=O)O)cn(C3CC3)c12. The number of fused-ring (bicyclic) bond motifs is 1. The average Bonchev–Trinajstić information content (AvgIpc) is 3.53. The first-order valence-electron chi connectivity index (χ1n) is 10.4. The van der Waals surface area contributed by atoms with E-state index in [2.05, 4.69) is 0 Å². The number of carbonyl (C=O) groups is 1. The Morgan fingerprint density at radius 3 is 2.59 bits per heavy atom. The van der Waals surface area contributed by atoms with Crippen molar-refractivity contribution in [2.45, 2.75) is 58.1 Å². The first-order valence-corrected chi connectivity index (χ1v) is 10.4. The lowest BCUT2D eigenvalue weighted by Gasteiger charge is -2.38. The van der Waals surface area contributed by atoms with E-state index in [1.54, 1.807) is 0 Å². The summed E-state index contributed by atoms with van der Waals surface area (Å²) in [6, 6.07) is 1.36. The highest BCUT2D eigenvalue weighted by molar-refractivity contribution is 5.95. The molecule has 0 bridgehead atoms. The molecule has 2 fully saturated rings. The molecule has 4 rings (SSSR count). The summed E-state index contributed by atoms with van der Waals surface area (Å²) in [5, 5.41) is 19.8. The Morgan fingerprint density at radius 2 is 2.00 bits per heavy atom. The van der Waals surface area contributed by atoms with Gasteiger partial charge in [0.15, 0.2) is 0 Å². The van der Waals surface area contributed by atoms with Crippen molar-refractivity contribution in [3.05, 3.63) is 39.4 Å². The van der Waals surface area contributed by atoms with Gasteiger partial charge in [-0.15, -0.1) is 0 Å². The lowest BCUT2D eigenvalue weighted by atomic mass is 9.91. The number of carboxylic acid groups (broad SMARTS) is 1. The number of aliphatic hydroxyl groups excluding tert-OH is 1. The highest BCUT2D eigenvalue weighted by atomic mass is 19.1. The fourth-order valence-electron chi connectivity index (χ4n) is 4.65. The minimum Gasteiger partial charge on any atom is -0.477 e. The van der Waals surface area contributed by atoms with Crippen molar-refractivity contribution in [1.29, 1.82) is 0 Å². The Morgan fingerprint density at radius 1 is 1.28 bits per heavy atom. The number of hydrogen-bond acceptors (Lipinski definition) is 4. The Bertz CT molecular complexity index is 1030. The van der Waals surface area contributed by atoms with E-state index in [1.165, 1.54) is 12.3 Å². The topological polar surface area (TPSA) is 82.8 Å². The summed E-state index contributed by atoms with van der Waals surface area (Å²) in [5.41, 5.74) is 0.936.